The lowest BCUT2D eigenvalue weighted by Gasteiger charge is -2.11. The summed E-state index contributed by atoms with van der Waals surface area (Å²) in [6.07, 6.45) is 3.82. The summed E-state index contributed by atoms with van der Waals surface area (Å²) >= 11 is 1.17. The van der Waals surface area contributed by atoms with Gasteiger partial charge in [-0.2, -0.15) is 4.99 Å². The van der Waals surface area contributed by atoms with E-state index in [9.17, 15) is 4.79 Å². The molecule has 112 valence electrons. The lowest BCUT2D eigenvalue weighted by atomic mass is 10.2. The molecule has 21 heavy (non-hydrogen) atoms. The largest absolute Gasteiger partial charge is 0.493 e. The molecule has 0 saturated carbocycles. The van der Waals surface area contributed by atoms with Crippen LogP contribution in [0.3, 0.4) is 0 Å². The summed E-state index contributed by atoms with van der Waals surface area (Å²) in [6.45, 7) is 2.77. The molecular weight excluding hydrogens is 288 g/mol. The van der Waals surface area contributed by atoms with Gasteiger partial charge < -0.3 is 15.2 Å². The second-order valence-corrected chi connectivity index (χ2v) is 5.54. The number of nitrogens with two attached hydrogens (primary N) is 1. The Morgan fingerprint density at radius 2 is 2.19 bits per heavy atom. The molecule has 0 saturated heterocycles. The van der Waals surface area contributed by atoms with Crippen LogP contribution in [0.25, 0.3) is 6.08 Å². The lowest BCUT2D eigenvalue weighted by molar-refractivity contribution is -0.113. The minimum absolute atomic E-state index is 0.276. The minimum atomic E-state index is -0.306. The van der Waals surface area contributed by atoms with Gasteiger partial charge in [0.25, 0.3) is 5.91 Å². The Bertz CT molecular complexity index is 597. The molecule has 1 heterocycles. The fourth-order valence-electron chi connectivity index (χ4n) is 1.80. The molecule has 1 aliphatic heterocycles. The zero-order chi connectivity index (χ0) is 15.2. The number of hydrogen-bond donors (Lipinski definition) is 1. The first-order chi connectivity index (χ1) is 10.1. The summed E-state index contributed by atoms with van der Waals surface area (Å²) in [6, 6.07) is 5.55. The SMILES string of the molecule is CCCCOc1ccc(/C=C2\SC(N)=NC2=O)cc1OC. The van der Waals surface area contributed by atoms with Gasteiger partial charge in [-0.15, -0.1) is 0 Å². The molecule has 1 aromatic carbocycles. The van der Waals surface area contributed by atoms with Crippen LogP contribution in [0.1, 0.15) is 25.3 Å². The van der Waals surface area contributed by atoms with E-state index in [2.05, 4.69) is 11.9 Å². The Hall–Kier alpha value is -1.95. The molecule has 2 N–H and O–H groups in total. The summed E-state index contributed by atoms with van der Waals surface area (Å²) in [5, 5.41) is 0.276. The Balaban J connectivity index is 2.16. The normalized spacial score (nSPS) is 16.2. The third-order valence-electron chi connectivity index (χ3n) is 2.88. The molecular formula is C15H18N2O3S. The van der Waals surface area contributed by atoms with E-state index in [0.717, 1.165) is 18.4 Å². The number of thioether (sulfide) groups is 1. The van der Waals surface area contributed by atoms with E-state index in [1.54, 1.807) is 13.2 Å². The van der Waals surface area contributed by atoms with Crippen LogP contribution >= 0.6 is 11.8 Å². The summed E-state index contributed by atoms with van der Waals surface area (Å²) in [5.41, 5.74) is 6.37. The first-order valence-electron chi connectivity index (χ1n) is 6.73. The number of hydrogen-bond acceptors (Lipinski definition) is 5. The number of rotatable bonds is 6. The molecule has 0 fully saturated rings. The van der Waals surface area contributed by atoms with Crippen molar-refractivity contribution in [2.24, 2.45) is 10.7 Å². The number of benzene rings is 1. The van der Waals surface area contributed by atoms with Crippen LogP contribution in [-0.2, 0) is 4.79 Å². The Labute approximate surface area is 128 Å². The molecule has 5 nitrogen and oxygen atoms in total. The van der Waals surface area contributed by atoms with E-state index in [4.69, 9.17) is 15.2 Å². The van der Waals surface area contributed by atoms with Crippen LogP contribution in [0.5, 0.6) is 11.5 Å². The quantitative estimate of drug-likeness (QED) is 0.646. The van der Waals surface area contributed by atoms with E-state index >= 15 is 0 Å². The van der Waals surface area contributed by atoms with Gasteiger partial charge in [0, 0.05) is 0 Å². The van der Waals surface area contributed by atoms with E-state index in [0.29, 0.717) is 23.0 Å². The third kappa shape index (κ3) is 4.01. The highest BCUT2D eigenvalue weighted by Gasteiger charge is 2.19. The molecule has 1 aliphatic rings. The molecule has 2 rings (SSSR count). The van der Waals surface area contributed by atoms with Crippen molar-refractivity contribution in [1.29, 1.82) is 0 Å². The highest BCUT2D eigenvalue weighted by molar-refractivity contribution is 8.18. The van der Waals surface area contributed by atoms with Gasteiger partial charge in [-0.3, -0.25) is 4.79 Å². The van der Waals surface area contributed by atoms with Crippen molar-refractivity contribution < 1.29 is 14.3 Å². The molecule has 1 amide bonds. The monoisotopic (exact) mass is 306 g/mol. The average molecular weight is 306 g/mol. The van der Waals surface area contributed by atoms with Gasteiger partial charge in [-0.25, -0.2) is 0 Å². The minimum Gasteiger partial charge on any atom is -0.493 e. The molecule has 0 radical (unpaired) electrons. The Kier molecular flexibility index (Phi) is 5.27. The van der Waals surface area contributed by atoms with Crippen LogP contribution in [0.2, 0.25) is 0 Å². The number of carbonyl (C=O) groups excluding carboxylic acids is 1. The van der Waals surface area contributed by atoms with Gasteiger partial charge >= 0.3 is 0 Å². The van der Waals surface area contributed by atoms with Crippen LogP contribution in [-0.4, -0.2) is 24.8 Å². The van der Waals surface area contributed by atoms with E-state index in [-0.39, 0.29) is 11.1 Å². The number of aliphatic imine (C=N–C) groups is 1. The van der Waals surface area contributed by atoms with E-state index in [1.165, 1.54) is 11.8 Å². The second kappa shape index (κ2) is 7.17. The molecule has 6 heteroatoms. The van der Waals surface area contributed by atoms with Crippen LogP contribution < -0.4 is 15.2 Å². The number of amides is 1. The van der Waals surface area contributed by atoms with E-state index in [1.807, 2.05) is 18.2 Å². The molecule has 0 aliphatic carbocycles. The maximum Gasteiger partial charge on any atom is 0.286 e. The van der Waals surface area contributed by atoms with Crippen molar-refractivity contribution in [3.8, 4) is 11.5 Å². The zero-order valence-electron chi connectivity index (χ0n) is 12.1. The van der Waals surface area contributed by atoms with Gasteiger partial charge in [0.15, 0.2) is 16.7 Å². The van der Waals surface area contributed by atoms with Crippen molar-refractivity contribution in [3.63, 3.8) is 0 Å². The molecule has 0 atom stereocenters. The van der Waals surface area contributed by atoms with Crippen molar-refractivity contribution in [2.45, 2.75) is 19.8 Å². The van der Waals surface area contributed by atoms with Crippen molar-refractivity contribution in [1.82, 2.24) is 0 Å². The van der Waals surface area contributed by atoms with E-state index < -0.39 is 0 Å². The zero-order valence-corrected chi connectivity index (χ0v) is 12.9. The standard InChI is InChI=1S/C15H18N2O3S/c1-3-4-7-20-11-6-5-10(8-12(11)19-2)9-13-14(18)17-15(16)21-13/h5-6,8-9H,3-4,7H2,1-2H3,(H2,16,17,18)/b13-9-. The average Bonchev–Trinajstić information content (AvgIpc) is 2.78. The second-order valence-electron chi connectivity index (χ2n) is 4.48. The highest BCUT2D eigenvalue weighted by atomic mass is 32.2. The summed E-state index contributed by atoms with van der Waals surface area (Å²) in [4.78, 5) is 15.8. The molecule has 0 spiro atoms. The first-order valence-corrected chi connectivity index (χ1v) is 7.54. The number of nitrogens with zero attached hydrogens (tertiary/aromatic N) is 1. The van der Waals surface area contributed by atoms with Crippen molar-refractivity contribution >= 4 is 28.9 Å². The van der Waals surface area contributed by atoms with Gasteiger partial charge in [0.05, 0.1) is 18.6 Å². The Morgan fingerprint density at radius 1 is 1.38 bits per heavy atom. The van der Waals surface area contributed by atoms with Gasteiger partial charge in [0.1, 0.15) is 0 Å². The molecule has 0 bridgehead atoms. The Morgan fingerprint density at radius 3 is 2.81 bits per heavy atom. The van der Waals surface area contributed by atoms with Crippen molar-refractivity contribution in [3.05, 3.63) is 28.7 Å². The number of amidine groups is 1. The number of ether oxygens (including phenoxy) is 2. The maximum absolute atomic E-state index is 11.6. The number of unbranched alkanes of at least 4 members (excludes halogenated alkanes) is 1. The fraction of sp³-hybridized carbons (Fsp3) is 0.333. The van der Waals surface area contributed by atoms with Gasteiger partial charge in [-0.1, -0.05) is 19.4 Å². The predicted octanol–water partition coefficient (Wildman–Crippen LogP) is 2.80. The molecule has 0 unspecified atom stereocenters. The number of carbonyl (C=O) groups is 1. The van der Waals surface area contributed by atoms with Crippen LogP contribution in [0.4, 0.5) is 0 Å². The highest BCUT2D eigenvalue weighted by Crippen LogP contribution is 2.31. The molecule has 0 aromatic heterocycles. The third-order valence-corrected chi connectivity index (χ3v) is 3.69. The van der Waals surface area contributed by atoms with Crippen LogP contribution in [0.15, 0.2) is 28.1 Å². The summed E-state index contributed by atoms with van der Waals surface area (Å²) in [5.74, 6) is 1.04. The summed E-state index contributed by atoms with van der Waals surface area (Å²) in [7, 11) is 1.59. The lowest BCUT2D eigenvalue weighted by Crippen LogP contribution is -2.01. The number of methoxy groups -OCH3 is 1. The predicted molar refractivity (Wildman–Crippen MR) is 85.6 cm³/mol. The topological polar surface area (TPSA) is 73.9 Å². The van der Waals surface area contributed by atoms with Crippen molar-refractivity contribution in [2.75, 3.05) is 13.7 Å². The van der Waals surface area contributed by atoms with Gasteiger partial charge in [-0.05, 0) is 42.0 Å². The summed E-state index contributed by atoms with van der Waals surface area (Å²) < 4.78 is 11.0. The molecule has 1 aromatic rings. The van der Waals surface area contributed by atoms with Crippen LogP contribution in [0, 0.1) is 0 Å². The smallest absolute Gasteiger partial charge is 0.286 e. The first kappa shape index (κ1) is 15.4. The fourth-order valence-corrected chi connectivity index (χ4v) is 2.48. The van der Waals surface area contributed by atoms with Gasteiger partial charge in [0.2, 0.25) is 0 Å². The maximum atomic E-state index is 11.6.